The summed E-state index contributed by atoms with van der Waals surface area (Å²) in [4.78, 5) is 20.5. The van der Waals surface area contributed by atoms with Gasteiger partial charge >= 0.3 is 0 Å². The number of anilines is 1. The van der Waals surface area contributed by atoms with E-state index >= 15 is 0 Å². The monoisotopic (exact) mass is 374 g/mol. The van der Waals surface area contributed by atoms with Gasteiger partial charge in [0.05, 0.1) is 5.69 Å². The van der Waals surface area contributed by atoms with Crippen LogP contribution < -0.4 is 10.6 Å². The van der Waals surface area contributed by atoms with Gasteiger partial charge in [-0.05, 0) is 25.3 Å². The molecule has 2 N–H and O–H groups in total. The third-order valence-electron chi connectivity index (χ3n) is 4.63. The Hall–Kier alpha value is -1.91. The minimum Gasteiger partial charge on any atom is -0.354 e. The lowest BCUT2D eigenvalue weighted by Crippen LogP contribution is -2.20. The van der Waals surface area contributed by atoms with E-state index in [0.717, 1.165) is 37.1 Å². The zero-order valence-corrected chi connectivity index (χ0v) is 17.7. The summed E-state index contributed by atoms with van der Waals surface area (Å²) in [6.07, 6.45) is 15.0. The third kappa shape index (κ3) is 9.55. The maximum atomic E-state index is 11.3. The van der Waals surface area contributed by atoms with E-state index < -0.39 is 0 Å². The zero-order chi connectivity index (χ0) is 19.9. The number of unbranched alkanes of at least 4 members (excludes halogenated alkanes) is 6. The molecule has 1 rings (SSSR count). The molecule has 1 amide bonds. The van der Waals surface area contributed by atoms with Crippen molar-refractivity contribution in [1.29, 1.82) is 0 Å². The molecule has 0 aromatic carbocycles. The Balaban J connectivity index is 2.63. The SMILES string of the molecule is C/C=C(\CCC)c1nc(NCCCCCCCCC)ncc1CNC(C)=O. The molecule has 5 nitrogen and oxygen atoms in total. The number of nitrogens with zero attached hydrogens (tertiary/aromatic N) is 2. The second kappa shape index (κ2) is 14.2. The quantitative estimate of drug-likeness (QED) is 0.423. The standard InChI is InChI=1S/C22H38N4O/c1-5-8-9-10-11-12-13-15-23-22-25-17-20(16-24-18(4)27)21(26-22)19(7-3)14-6-2/h7,17H,5-6,8-16H2,1-4H3,(H,24,27)(H,23,25,26)/b19-7+. The molecule has 0 saturated heterocycles. The first-order chi connectivity index (χ1) is 13.1. The molecule has 0 unspecified atom stereocenters. The highest BCUT2D eigenvalue weighted by Gasteiger charge is 2.11. The van der Waals surface area contributed by atoms with Gasteiger partial charge in [0, 0.05) is 31.8 Å². The van der Waals surface area contributed by atoms with Crippen molar-refractivity contribution in [3.63, 3.8) is 0 Å². The second-order valence-electron chi connectivity index (χ2n) is 7.09. The molecule has 1 heterocycles. The molecule has 0 atom stereocenters. The lowest BCUT2D eigenvalue weighted by atomic mass is 10.0. The first kappa shape index (κ1) is 23.1. The Bertz CT molecular complexity index is 584. The van der Waals surface area contributed by atoms with E-state index in [4.69, 9.17) is 4.98 Å². The molecule has 0 fully saturated rings. The topological polar surface area (TPSA) is 66.9 Å². The molecular weight excluding hydrogens is 336 g/mol. The van der Waals surface area contributed by atoms with E-state index in [1.54, 1.807) is 0 Å². The van der Waals surface area contributed by atoms with Crippen molar-refractivity contribution in [2.45, 2.75) is 92.0 Å². The Kier molecular flexibility index (Phi) is 12.2. The van der Waals surface area contributed by atoms with Gasteiger partial charge in [-0.25, -0.2) is 9.97 Å². The van der Waals surface area contributed by atoms with Gasteiger partial charge in [0.1, 0.15) is 0 Å². The predicted octanol–water partition coefficient (Wildman–Crippen LogP) is 5.48. The molecule has 152 valence electrons. The van der Waals surface area contributed by atoms with Crippen molar-refractivity contribution in [3.05, 3.63) is 23.5 Å². The van der Waals surface area contributed by atoms with Gasteiger partial charge in [-0.1, -0.05) is 64.9 Å². The number of carbonyl (C=O) groups excluding carboxylic acids is 1. The number of aromatic nitrogens is 2. The van der Waals surface area contributed by atoms with Crippen LogP contribution in [0, 0.1) is 0 Å². The van der Waals surface area contributed by atoms with Crippen LogP contribution in [0.2, 0.25) is 0 Å². The number of hydrogen-bond donors (Lipinski definition) is 2. The van der Waals surface area contributed by atoms with Crippen molar-refractivity contribution < 1.29 is 4.79 Å². The highest BCUT2D eigenvalue weighted by Crippen LogP contribution is 2.22. The predicted molar refractivity (Wildman–Crippen MR) is 115 cm³/mol. The molecule has 0 aliphatic carbocycles. The van der Waals surface area contributed by atoms with E-state index in [-0.39, 0.29) is 5.91 Å². The summed E-state index contributed by atoms with van der Waals surface area (Å²) in [5, 5.41) is 6.22. The smallest absolute Gasteiger partial charge is 0.223 e. The summed E-state index contributed by atoms with van der Waals surface area (Å²) < 4.78 is 0. The van der Waals surface area contributed by atoms with E-state index in [1.807, 2.05) is 13.1 Å². The van der Waals surface area contributed by atoms with Gasteiger partial charge < -0.3 is 10.6 Å². The Labute approximate surface area is 165 Å². The lowest BCUT2D eigenvalue weighted by molar-refractivity contribution is -0.119. The minimum absolute atomic E-state index is 0.0420. The molecule has 1 aromatic rings. The van der Waals surface area contributed by atoms with Crippen LogP contribution in [0.25, 0.3) is 5.57 Å². The minimum atomic E-state index is -0.0420. The summed E-state index contributed by atoms with van der Waals surface area (Å²) >= 11 is 0. The molecule has 0 radical (unpaired) electrons. The molecular formula is C22H38N4O. The fourth-order valence-corrected chi connectivity index (χ4v) is 3.07. The van der Waals surface area contributed by atoms with Crippen molar-refractivity contribution in [3.8, 4) is 0 Å². The van der Waals surface area contributed by atoms with Crippen LogP contribution in [0.5, 0.6) is 0 Å². The molecule has 27 heavy (non-hydrogen) atoms. The van der Waals surface area contributed by atoms with E-state index in [1.165, 1.54) is 51.0 Å². The van der Waals surface area contributed by atoms with Crippen LogP contribution in [0.15, 0.2) is 12.3 Å². The molecule has 0 saturated carbocycles. The molecule has 0 aliphatic rings. The molecule has 0 bridgehead atoms. The van der Waals surface area contributed by atoms with E-state index in [9.17, 15) is 4.79 Å². The molecule has 5 heteroatoms. The zero-order valence-electron chi connectivity index (χ0n) is 17.7. The maximum absolute atomic E-state index is 11.3. The van der Waals surface area contributed by atoms with Crippen molar-refractivity contribution in [2.24, 2.45) is 0 Å². The number of carbonyl (C=O) groups is 1. The number of nitrogens with one attached hydrogen (secondary N) is 2. The molecule has 0 spiro atoms. The summed E-state index contributed by atoms with van der Waals surface area (Å²) in [6, 6.07) is 0. The summed E-state index contributed by atoms with van der Waals surface area (Å²) in [6.45, 7) is 9.35. The van der Waals surface area contributed by atoms with Gasteiger partial charge in [0.15, 0.2) is 0 Å². The van der Waals surface area contributed by atoms with Crippen molar-refractivity contribution in [1.82, 2.24) is 15.3 Å². The molecule has 1 aromatic heterocycles. The van der Waals surface area contributed by atoms with Gasteiger partial charge in [-0.3, -0.25) is 4.79 Å². The first-order valence-corrected chi connectivity index (χ1v) is 10.6. The number of hydrogen-bond acceptors (Lipinski definition) is 4. The fourth-order valence-electron chi connectivity index (χ4n) is 3.07. The first-order valence-electron chi connectivity index (χ1n) is 10.6. The van der Waals surface area contributed by atoms with E-state index in [0.29, 0.717) is 12.5 Å². The average Bonchev–Trinajstić information content (AvgIpc) is 2.67. The Morgan fingerprint density at radius 1 is 1.07 bits per heavy atom. The van der Waals surface area contributed by atoms with Gasteiger partial charge in [-0.2, -0.15) is 0 Å². The van der Waals surface area contributed by atoms with Crippen LogP contribution in [-0.2, 0) is 11.3 Å². The van der Waals surface area contributed by atoms with Gasteiger partial charge in [0.2, 0.25) is 11.9 Å². The summed E-state index contributed by atoms with van der Waals surface area (Å²) in [5.41, 5.74) is 3.12. The summed E-state index contributed by atoms with van der Waals surface area (Å²) in [7, 11) is 0. The maximum Gasteiger partial charge on any atom is 0.223 e. The van der Waals surface area contributed by atoms with E-state index in [2.05, 4.69) is 35.5 Å². The number of allylic oxidation sites excluding steroid dienone is 2. The highest BCUT2D eigenvalue weighted by atomic mass is 16.1. The second-order valence-corrected chi connectivity index (χ2v) is 7.09. The van der Waals surface area contributed by atoms with Crippen LogP contribution in [0.3, 0.4) is 0 Å². The number of rotatable bonds is 14. The number of amides is 1. The fraction of sp³-hybridized carbons (Fsp3) is 0.682. The van der Waals surface area contributed by atoms with Gasteiger partial charge in [0.25, 0.3) is 0 Å². The highest BCUT2D eigenvalue weighted by molar-refractivity contribution is 5.73. The van der Waals surface area contributed by atoms with Crippen molar-refractivity contribution in [2.75, 3.05) is 11.9 Å². The summed E-state index contributed by atoms with van der Waals surface area (Å²) in [5.74, 6) is 0.637. The largest absolute Gasteiger partial charge is 0.354 e. The van der Waals surface area contributed by atoms with Crippen LogP contribution in [0.1, 0.15) is 96.7 Å². The Morgan fingerprint density at radius 3 is 2.41 bits per heavy atom. The normalized spacial score (nSPS) is 11.5. The average molecular weight is 375 g/mol. The van der Waals surface area contributed by atoms with Crippen molar-refractivity contribution >= 4 is 17.4 Å². The van der Waals surface area contributed by atoms with Crippen LogP contribution in [-0.4, -0.2) is 22.4 Å². The third-order valence-corrected chi connectivity index (χ3v) is 4.63. The van der Waals surface area contributed by atoms with Gasteiger partial charge in [-0.15, -0.1) is 0 Å². The van der Waals surface area contributed by atoms with Crippen LogP contribution in [0.4, 0.5) is 5.95 Å². The molecule has 0 aliphatic heterocycles. The Morgan fingerprint density at radius 2 is 1.78 bits per heavy atom. The lowest BCUT2D eigenvalue weighted by Gasteiger charge is -2.14. The van der Waals surface area contributed by atoms with Crippen LogP contribution >= 0.6 is 0 Å².